The Labute approximate surface area is 230 Å². The maximum atomic E-state index is 13.5. The Morgan fingerprint density at radius 2 is 1.87 bits per heavy atom. The van der Waals surface area contributed by atoms with Gasteiger partial charge >= 0.3 is 0 Å². The van der Waals surface area contributed by atoms with Crippen LogP contribution in [-0.4, -0.2) is 77.6 Å². The number of nitrogens with zero attached hydrogens (tertiary/aromatic N) is 2. The Kier molecular flexibility index (Phi) is 11.1. The van der Waals surface area contributed by atoms with Crippen LogP contribution in [0.15, 0.2) is 42.6 Å². The van der Waals surface area contributed by atoms with Crippen LogP contribution < -0.4 is 20.7 Å². The molecular formula is C29H41N5O5. The van der Waals surface area contributed by atoms with Gasteiger partial charge in [0, 0.05) is 32.8 Å². The fraction of sp³-hybridized carbons (Fsp3) is 0.517. The Balaban J connectivity index is 1.85. The third-order valence-corrected chi connectivity index (χ3v) is 7.26. The van der Waals surface area contributed by atoms with E-state index in [4.69, 9.17) is 4.74 Å². The van der Waals surface area contributed by atoms with E-state index in [1.54, 1.807) is 44.4 Å². The van der Waals surface area contributed by atoms with E-state index in [2.05, 4.69) is 20.9 Å². The maximum absolute atomic E-state index is 13.5. The van der Waals surface area contributed by atoms with Gasteiger partial charge in [-0.1, -0.05) is 32.4 Å². The predicted molar refractivity (Wildman–Crippen MR) is 148 cm³/mol. The first-order valence-corrected chi connectivity index (χ1v) is 13.6. The summed E-state index contributed by atoms with van der Waals surface area (Å²) in [5.74, 6) is -0.113. The molecule has 0 radical (unpaired) electrons. The van der Waals surface area contributed by atoms with Crippen molar-refractivity contribution in [3.05, 3.63) is 53.9 Å². The Morgan fingerprint density at radius 3 is 2.59 bits per heavy atom. The molecule has 10 nitrogen and oxygen atoms in total. The molecule has 1 aliphatic rings. The number of amides is 3. The second-order valence-electron chi connectivity index (χ2n) is 10.1. The molecule has 2 aromatic rings. The molecule has 0 saturated heterocycles. The topological polar surface area (TPSA) is 133 Å². The van der Waals surface area contributed by atoms with Gasteiger partial charge in [0.05, 0.1) is 11.7 Å². The number of nitrogens with one attached hydrogen (secondary N) is 3. The normalized spacial score (nSPS) is 22.9. The van der Waals surface area contributed by atoms with E-state index in [9.17, 15) is 19.5 Å². The van der Waals surface area contributed by atoms with Crippen LogP contribution >= 0.6 is 0 Å². The van der Waals surface area contributed by atoms with Crippen LogP contribution in [0, 0.1) is 5.92 Å². The summed E-state index contributed by atoms with van der Waals surface area (Å²) in [5.41, 5.74) is 1.58. The molecular weight excluding hydrogens is 498 g/mol. The fourth-order valence-electron chi connectivity index (χ4n) is 4.43. The van der Waals surface area contributed by atoms with E-state index >= 15 is 0 Å². The summed E-state index contributed by atoms with van der Waals surface area (Å²) < 4.78 is 5.99. The zero-order valence-corrected chi connectivity index (χ0v) is 23.3. The quantitative estimate of drug-likeness (QED) is 0.466. The fourth-order valence-corrected chi connectivity index (χ4v) is 4.43. The number of aryl methyl sites for hydroxylation is 1. The number of pyridine rings is 1. The van der Waals surface area contributed by atoms with Gasteiger partial charge in [-0.05, 0) is 55.5 Å². The lowest BCUT2D eigenvalue weighted by Gasteiger charge is -2.32. The van der Waals surface area contributed by atoms with Crippen molar-refractivity contribution < 1.29 is 24.2 Å². The molecule has 0 saturated carbocycles. The molecule has 4 atom stereocenters. The van der Waals surface area contributed by atoms with Gasteiger partial charge in [-0.3, -0.25) is 19.4 Å². The minimum Gasteiger partial charge on any atom is -0.508 e. The number of carbonyl (C=O) groups excluding carboxylic acids is 3. The van der Waals surface area contributed by atoms with Gasteiger partial charge in [0.2, 0.25) is 17.7 Å². The number of carbonyl (C=O) groups is 3. The molecule has 1 aliphatic heterocycles. The number of likely N-dealkylation sites (N-methyl/N-ethyl adjacent to an activating group) is 1. The first-order chi connectivity index (χ1) is 18.7. The van der Waals surface area contributed by atoms with E-state index in [1.165, 1.54) is 4.90 Å². The summed E-state index contributed by atoms with van der Waals surface area (Å²) in [7, 11) is 1.61. The van der Waals surface area contributed by atoms with E-state index in [-0.39, 0.29) is 29.9 Å². The smallest absolute Gasteiger partial charge is 0.243 e. The number of phenolic OH excluding ortho intramolecular Hbond substituents is 1. The van der Waals surface area contributed by atoms with Crippen molar-refractivity contribution in [2.45, 2.75) is 64.6 Å². The number of rotatable bonds is 4. The van der Waals surface area contributed by atoms with Crippen molar-refractivity contribution in [1.82, 2.24) is 25.8 Å². The SMILES string of the molecule is CCC(C)[C@@H]1NCCOc2cccnc2CCCNC(=O)[C@@H](Cc2ccc(O)cc2)NC(=O)[C@@H](C)N(C)C1=O. The third kappa shape index (κ3) is 8.41. The van der Waals surface area contributed by atoms with Crippen molar-refractivity contribution in [2.24, 2.45) is 5.92 Å². The molecule has 3 amide bonds. The summed E-state index contributed by atoms with van der Waals surface area (Å²) in [6, 6.07) is 8.04. The van der Waals surface area contributed by atoms with E-state index < -0.39 is 24.0 Å². The molecule has 212 valence electrons. The number of phenols is 1. The van der Waals surface area contributed by atoms with E-state index in [0.29, 0.717) is 38.3 Å². The van der Waals surface area contributed by atoms with Crippen LogP contribution in [0.1, 0.15) is 44.9 Å². The number of hydrogen-bond donors (Lipinski definition) is 4. The first kappa shape index (κ1) is 29.9. The minimum atomic E-state index is -0.857. The zero-order chi connectivity index (χ0) is 28.4. The third-order valence-electron chi connectivity index (χ3n) is 7.26. The molecule has 1 unspecified atom stereocenters. The van der Waals surface area contributed by atoms with Crippen molar-refractivity contribution in [2.75, 3.05) is 26.7 Å². The average Bonchev–Trinajstić information content (AvgIpc) is 2.94. The van der Waals surface area contributed by atoms with Gasteiger partial charge in [-0.25, -0.2) is 0 Å². The van der Waals surface area contributed by atoms with Gasteiger partial charge in [0.1, 0.15) is 30.2 Å². The van der Waals surface area contributed by atoms with Crippen LogP contribution in [0.25, 0.3) is 0 Å². The minimum absolute atomic E-state index is 0.0304. The van der Waals surface area contributed by atoms with Gasteiger partial charge in [-0.15, -0.1) is 0 Å². The molecule has 0 fully saturated rings. The zero-order valence-electron chi connectivity index (χ0n) is 23.3. The Bertz CT molecular complexity index is 1110. The van der Waals surface area contributed by atoms with E-state index in [0.717, 1.165) is 17.7 Å². The maximum Gasteiger partial charge on any atom is 0.243 e. The van der Waals surface area contributed by atoms with Crippen molar-refractivity contribution >= 4 is 17.7 Å². The molecule has 10 heteroatoms. The Morgan fingerprint density at radius 1 is 1.13 bits per heavy atom. The number of ether oxygens (including phenoxy) is 1. The van der Waals surface area contributed by atoms with Crippen LogP contribution in [-0.2, 0) is 27.2 Å². The Hall–Kier alpha value is -3.66. The van der Waals surface area contributed by atoms with Gasteiger partial charge in [-0.2, -0.15) is 0 Å². The van der Waals surface area contributed by atoms with Crippen molar-refractivity contribution in [3.63, 3.8) is 0 Å². The molecule has 3 rings (SSSR count). The van der Waals surface area contributed by atoms with Crippen LogP contribution in [0.4, 0.5) is 0 Å². The van der Waals surface area contributed by atoms with Gasteiger partial charge < -0.3 is 30.7 Å². The lowest BCUT2D eigenvalue weighted by molar-refractivity contribution is -0.141. The van der Waals surface area contributed by atoms with E-state index in [1.807, 2.05) is 26.0 Å². The highest BCUT2D eigenvalue weighted by atomic mass is 16.5. The molecule has 2 heterocycles. The highest BCUT2D eigenvalue weighted by Crippen LogP contribution is 2.18. The van der Waals surface area contributed by atoms with Gasteiger partial charge in [0.25, 0.3) is 0 Å². The summed E-state index contributed by atoms with van der Waals surface area (Å²) in [6.07, 6.45) is 3.97. The average molecular weight is 540 g/mol. The van der Waals surface area contributed by atoms with Crippen molar-refractivity contribution in [3.8, 4) is 11.5 Å². The molecule has 0 spiro atoms. The molecule has 4 N–H and O–H groups in total. The summed E-state index contributed by atoms with van der Waals surface area (Å²) in [5, 5.41) is 18.7. The second-order valence-corrected chi connectivity index (χ2v) is 10.1. The highest BCUT2D eigenvalue weighted by Gasteiger charge is 2.32. The molecule has 0 bridgehead atoms. The van der Waals surface area contributed by atoms with Crippen LogP contribution in [0.3, 0.4) is 0 Å². The van der Waals surface area contributed by atoms with Gasteiger partial charge in [0.15, 0.2) is 0 Å². The number of aromatic hydroxyl groups is 1. The lowest BCUT2D eigenvalue weighted by Crippen LogP contribution is -2.57. The number of fused-ring (bicyclic) bond motifs is 1. The number of benzene rings is 1. The molecule has 39 heavy (non-hydrogen) atoms. The number of aromatic nitrogens is 1. The monoisotopic (exact) mass is 539 g/mol. The standard InChI is InChI=1S/C29H41N5O5/c1-5-19(2)26-29(38)34(4)20(3)27(36)33-24(18-21-10-12-22(35)13-11-21)28(37)32-15-6-8-23-25(9-7-14-30-23)39-17-16-31-26/h7,9-14,19-20,24,26,31,35H,5-6,8,15-18H2,1-4H3,(H,32,37)(H,33,36)/t19?,20-,24-,26+/m1/s1. The summed E-state index contributed by atoms with van der Waals surface area (Å²) >= 11 is 0. The predicted octanol–water partition coefficient (Wildman–Crippen LogP) is 1.81. The number of hydrogen-bond acceptors (Lipinski definition) is 7. The first-order valence-electron chi connectivity index (χ1n) is 13.6. The largest absolute Gasteiger partial charge is 0.508 e. The molecule has 1 aromatic carbocycles. The second kappa shape index (κ2) is 14.5. The molecule has 0 aliphatic carbocycles. The summed E-state index contributed by atoms with van der Waals surface area (Å²) in [4.78, 5) is 45.8. The van der Waals surface area contributed by atoms with Crippen LogP contribution in [0.5, 0.6) is 11.5 Å². The van der Waals surface area contributed by atoms with Crippen LogP contribution in [0.2, 0.25) is 0 Å². The highest BCUT2D eigenvalue weighted by molar-refractivity contribution is 5.93. The molecule has 1 aromatic heterocycles. The summed E-state index contributed by atoms with van der Waals surface area (Å²) in [6.45, 7) is 6.87. The van der Waals surface area contributed by atoms with Crippen molar-refractivity contribution in [1.29, 1.82) is 0 Å². The lowest BCUT2D eigenvalue weighted by atomic mass is 9.97.